The highest BCUT2D eigenvalue weighted by Crippen LogP contribution is 2.29. The number of para-hydroxylation sites is 1. The number of rotatable bonds is 4. The molecule has 0 atom stereocenters. The number of benzene rings is 2. The van der Waals surface area contributed by atoms with E-state index in [9.17, 15) is 0 Å². The molecule has 5 heteroatoms. The molecule has 0 spiro atoms. The SMILES string of the molecule is C#CCOc1ccc(/C=C2/ON(c3ccccc3)N=C2C)cc1Br. The van der Waals surface area contributed by atoms with Gasteiger partial charge in [-0.3, -0.25) is 0 Å². The monoisotopic (exact) mass is 382 g/mol. The molecule has 0 fully saturated rings. The zero-order chi connectivity index (χ0) is 16.9. The van der Waals surface area contributed by atoms with Crippen molar-refractivity contribution in [3.8, 4) is 18.1 Å². The Morgan fingerprint density at radius 1 is 1.29 bits per heavy atom. The van der Waals surface area contributed by atoms with Crippen LogP contribution in [0.1, 0.15) is 12.5 Å². The van der Waals surface area contributed by atoms with E-state index in [0.717, 1.165) is 21.4 Å². The molecule has 0 unspecified atom stereocenters. The molecular formula is C19H15BrN2O2. The zero-order valence-electron chi connectivity index (χ0n) is 13.1. The van der Waals surface area contributed by atoms with E-state index in [1.165, 1.54) is 5.17 Å². The minimum atomic E-state index is 0.236. The summed E-state index contributed by atoms with van der Waals surface area (Å²) in [6.07, 6.45) is 7.14. The van der Waals surface area contributed by atoms with Gasteiger partial charge in [-0.25, -0.2) is 0 Å². The average Bonchev–Trinajstić information content (AvgIpc) is 2.96. The van der Waals surface area contributed by atoms with Crippen molar-refractivity contribution in [2.75, 3.05) is 11.8 Å². The molecule has 1 aliphatic rings. The number of anilines is 1. The molecule has 1 heterocycles. The highest BCUT2D eigenvalue weighted by Gasteiger charge is 2.20. The summed E-state index contributed by atoms with van der Waals surface area (Å²) in [5.41, 5.74) is 2.65. The predicted molar refractivity (Wildman–Crippen MR) is 99.6 cm³/mol. The van der Waals surface area contributed by atoms with E-state index in [4.69, 9.17) is 16.0 Å². The maximum Gasteiger partial charge on any atom is 0.181 e. The highest BCUT2D eigenvalue weighted by atomic mass is 79.9. The summed E-state index contributed by atoms with van der Waals surface area (Å²) in [6, 6.07) is 15.5. The Morgan fingerprint density at radius 3 is 2.79 bits per heavy atom. The van der Waals surface area contributed by atoms with Crippen molar-refractivity contribution in [1.29, 1.82) is 0 Å². The minimum Gasteiger partial charge on any atom is -0.480 e. The summed E-state index contributed by atoms with van der Waals surface area (Å²) in [5.74, 6) is 3.85. The number of hydrogen-bond acceptors (Lipinski definition) is 4. The van der Waals surface area contributed by atoms with Gasteiger partial charge in [-0.1, -0.05) is 35.4 Å². The Labute approximate surface area is 149 Å². The molecule has 0 saturated heterocycles. The van der Waals surface area contributed by atoms with Crippen LogP contribution in [-0.4, -0.2) is 12.3 Å². The van der Waals surface area contributed by atoms with Gasteiger partial charge < -0.3 is 9.57 Å². The van der Waals surface area contributed by atoms with Crippen molar-refractivity contribution in [1.82, 2.24) is 0 Å². The Hall–Kier alpha value is -2.71. The van der Waals surface area contributed by atoms with Crippen LogP contribution >= 0.6 is 15.9 Å². The van der Waals surface area contributed by atoms with Crippen molar-refractivity contribution >= 4 is 33.4 Å². The molecule has 1 aliphatic heterocycles. The van der Waals surface area contributed by atoms with Crippen molar-refractivity contribution in [2.45, 2.75) is 6.92 Å². The van der Waals surface area contributed by atoms with E-state index in [1.807, 2.05) is 61.5 Å². The number of hydrogen-bond donors (Lipinski definition) is 0. The van der Waals surface area contributed by atoms with Crippen LogP contribution in [0.25, 0.3) is 6.08 Å². The lowest BCUT2D eigenvalue weighted by Gasteiger charge is -2.12. The van der Waals surface area contributed by atoms with Crippen molar-refractivity contribution < 1.29 is 9.57 Å². The van der Waals surface area contributed by atoms with Crippen LogP contribution in [0.5, 0.6) is 5.75 Å². The fourth-order valence-corrected chi connectivity index (χ4v) is 2.67. The van der Waals surface area contributed by atoms with Gasteiger partial charge in [0.05, 0.1) is 4.47 Å². The van der Waals surface area contributed by atoms with Gasteiger partial charge in [-0.2, -0.15) is 0 Å². The molecule has 3 rings (SSSR count). The fourth-order valence-electron chi connectivity index (χ4n) is 2.16. The second-order valence-electron chi connectivity index (χ2n) is 5.08. The molecule has 0 saturated carbocycles. The van der Waals surface area contributed by atoms with Gasteiger partial charge in [0.25, 0.3) is 0 Å². The van der Waals surface area contributed by atoms with Gasteiger partial charge in [0, 0.05) is 0 Å². The molecule has 2 aromatic rings. The molecule has 2 aromatic carbocycles. The first-order chi connectivity index (χ1) is 11.7. The van der Waals surface area contributed by atoms with E-state index in [0.29, 0.717) is 11.5 Å². The van der Waals surface area contributed by atoms with Gasteiger partial charge in [0.2, 0.25) is 0 Å². The summed E-state index contributed by atoms with van der Waals surface area (Å²) >= 11 is 3.49. The molecule has 0 aliphatic carbocycles. The van der Waals surface area contributed by atoms with Crippen LogP contribution in [0.15, 0.2) is 63.9 Å². The van der Waals surface area contributed by atoms with Crippen LogP contribution in [-0.2, 0) is 4.84 Å². The molecule has 0 radical (unpaired) electrons. The molecule has 0 bridgehead atoms. The quantitative estimate of drug-likeness (QED) is 0.722. The molecule has 0 amide bonds. The van der Waals surface area contributed by atoms with E-state index in [2.05, 4.69) is 27.0 Å². The molecule has 4 nitrogen and oxygen atoms in total. The Morgan fingerprint density at radius 2 is 2.08 bits per heavy atom. The first kappa shape index (κ1) is 16.2. The average molecular weight is 383 g/mol. The fraction of sp³-hybridized carbons (Fsp3) is 0.105. The first-order valence-electron chi connectivity index (χ1n) is 7.33. The smallest absolute Gasteiger partial charge is 0.181 e. The third-order valence-electron chi connectivity index (χ3n) is 3.32. The van der Waals surface area contributed by atoms with Crippen LogP contribution < -0.4 is 9.91 Å². The Balaban J connectivity index is 1.79. The van der Waals surface area contributed by atoms with E-state index >= 15 is 0 Å². The molecule has 24 heavy (non-hydrogen) atoms. The number of halogens is 1. The van der Waals surface area contributed by atoms with E-state index in [-0.39, 0.29) is 6.61 Å². The number of nitrogens with zero attached hydrogens (tertiary/aromatic N) is 2. The van der Waals surface area contributed by atoms with Crippen LogP contribution in [0.4, 0.5) is 5.69 Å². The Kier molecular flexibility index (Phi) is 4.88. The summed E-state index contributed by atoms with van der Waals surface area (Å²) < 4.78 is 6.27. The summed E-state index contributed by atoms with van der Waals surface area (Å²) in [6.45, 7) is 2.15. The number of ether oxygens (including phenoxy) is 1. The Bertz CT molecular complexity index is 838. The third-order valence-corrected chi connectivity index (χ3v) is 3.94. The van der Waals surface area contributed by atoms with E-state index < -0.39 is 0 Å². The van der Waals surface area contributed by atoms with Gasteiger partial charge in [-0.05, 0) is 58.8 Å². The topological polar surface area (TPSA) is 34.1 Å². The third kappa shape index (κ3) is 3.61. The van der Waals surface area contributed by atoms with Crippen LogP contribution in [0.2, 0.25) is 0 Å². The second kappa shape index (κ2) is 7.24. The number of hydrazone groups is 1. The number of terminal acetylenes is 1. The summed E-state index contributed by atoms with van der Waals surface area (Å²) in [4.78, 5) is 5.82. The minimum absolute atomic E-state index is 0.236. The molecule has 120 valence electrons. The molecule has 0 aromatic heterocycles. The van der Waals surface area contributed by atoms with Gasteiger partial charge in [-0.15, -0.1) is 11.5 Å². The lowest BCUT2D eigenvalue weighted by molar-refractivity contribution is 0.222. The molecule has 0 N–H and O–H groups in total. The zero-order valence-corrected chi connectivity index (χ0v) is 14.7. The standard InChI is InChI=1S/C19H15BrN2O2/c1-3-11-23-18-10-9-15(12-17(18)20)13-19-14(2)21-22(24-19)16-7-5-4-6-8-16/h1,4-10,12-13H,11H2,2H3/b19-13+. The first-order valence-corrected chi connectivity index (χ1v) is 8.13. The molecular weight excluding hydrogens is 368 g/mol. The maximum absolute atomic E-state index is 5.82. The largest absolute Gasteiger partial charge is 0.480 e. The van der Waals surface area contributed by atoms with Crippen molar-refractivity contribution in [3.63, 3.8) is 0 Å². The van der Waals surface area contributed by atoms with Crippen molar-refractivity contribution in [2.24, 2.45) is 5.10 Å². The normalized spacial score (nSPS) is 15.0. The van der Waals surface area contributed by atoms with Gasteiger partial charge in [0.1, 0.15) is 23.8 Å². The lowest BCUT2D eigenvalue weighted by atomic mass is 10.1. The summed E-state index contributed by atoms with van der Waals surface area (Å²) in [5, 5.41) is 5.93. The summed E-state index contributed by atoms with van der Waals surface area (Å²) in [7, 11) is 0. The highest BCUT2D eigenvalue weighted by molar-refractivity contribution is 9.10. The second-order valence-corrected chi connectivity index (χ2v) is 5.93. The predicted octanol–water partition coefficient (Wildman–Crippen LogP) is 4.63. The lowest BCUT2D eigenvalue weighted by Crippen LogP contribution is -2.09. The van der Waals surface area contributed by atoms with Crippen LogP contribution in [0.3, 0.4) is 0 Å². The van der Waals surface area contributed by atoms with Gasteiger partial charge >= 0.3 is 0 Å². The van der Waals surface area contributed by atoms with Crippen LogP contribution in [0, 0.1) is 12.3 Å². The number of allylic oxidation sites excluding steroid dienone is 1. The van der Waals surface area contributed by atoms with Crippen molar-refractivity contribution in [3.05, 3.63) is 64.3 Å². The maximum atomic E-state index is 5.82. The van der Waals surface area contributed by atoms with E-state index in [1.54, 1.807) is 0 Å². The van der Waals surface area contributed by atoms with Gasteiger partial charge in [0.15, 0.2) is 5.76 Å².